The van der Waals surface area contributed by atoms with Crippen LogP contribution in [0, 0.1) is 0 Å². The molecule has 1 amide bonds. The number of nitrogens with one attached hydrogen (secondary N) is 4. The molecule has 0 aliphatic carbocycles. The molecule has 0 radical (unpaired) electrons. The maximum Gasteiger partial charge on any atom is 0.269 e. The Morgan fingerprint density at radius 3 is 2.91 bits per heavy atom. The molecule has 2 aromatic rings. The van der Waals surface area contributed by atoms with Gasteiger partial charge >= 0.3 is 0 Å². The van der Waals surface area contributed by atoms with Crippen molar-refractivity contribution in [2.75, 3.05) is 36.9 Å². The normalized spacial score (nSPS) is 15.8. The molecule has 0 unspecified atom stereocenters. The molecule has 22 heavy (non-hydrogen) atoms. The maximum atomic E-state index is 11.9. The highest BCUT2D eigenvalue weighted by Crippen LogP contribution is 2.23. The van der Waals surface area contributed by atoms with Crippen LogP contribution in [0.5, 0.6) is 0 Å². The first-order valence-corrected chi connectivity index (χ1v) is 7.05. The fourth-order valence-electron chi connectivity index (χ4n) is 1.83. The lowest BCUT2D eigenvalue weighted by atomic mass is 10.4. The van der Waals surface area contributed by atoms with Gasteiger partial charge in [0.1, 0.15) is 10.7 Å². The number of fused-ring (bicyclic) bond motifs is 4. The van der Waals surface area contributed by atoms with E-state index in [2.05, 4.69) is 36.1 Å². The number of hydrogen-bond donors (Lipinski definition) is 4. The number of carbonyl (C=O) groups excluding carboxylic acids is 1. The smallest absolute Gasteiger partial charge is 0.269 e. The van der Waals surface area contributed by atoms with Crippen molar-refractivity contribution in [1.29, 1.82) is 0 Å². The fourth-order valence-corrected chi connectivity index (χ4v) is 1.97. The monoisotopic (exact) mass is 323 g/mol. The number of aromatic amines is 1. The van der Waals surface area contributed by atoms with Crippen molar-refractivity contribution in [3.05, 3.63) is 23.0 Å². The molecule has 3 heterocycles. The molecule has 1 aliphatic heterocycles. The Morgan fingerprint density at radius 2 is 2.05 bits per heavy atom. The molecule has 0 atom stereocenters. The summed E-state index contributed by atoms with van der Waals surface area (Å²) in [6, 6.07) is 1.57. The van der Waals surface area contributed by atoms with E-state index in [0.29, 0.717) is 54.6 Å². The summed E-state index contributed by atoms with van der Waals surface area (Å²) in [5, 5.41) is 15.7. The van der Waals surface area contributed by atoms with Crippen molar-refractivity contribution >= 4 is 35.1 Å². The first-order chi connectivity index (χ1) is 10.7. The minimum atomic E-state index is -0.258. The van der Waals surface area contributed by atoms with Gasteiger partial charge in [-0.2, -0.15) is 10.1 Å². The molecule has 2 aromatic heterocycles. The zero-order valence-corrected chi connectivity index (χ0v) is 12.3. The topological polar surface area (TPSA) is 117 Å². The first-order valence-electron chi connectivity index (χ1n) is 6.67. The second kappa shape index (κ2) is 6.58. The number of amides is 1. The summed E-state index contributed by atoms with van der Waals surface area (Å²) in [5.41, 5.74) is 0.334. The number of anilines is 3. The average Bonchev–Trinajstić information content (AvgIpc) is 2.97. The van der Waals surface area contributed by atoms with Crippen LogP contribution in [0.1, 0.15) is 10.5 Å². The van der Waals surface area contributed by atoms with E-state index < -0.39 is 0 Å². The van der Waals surface area contributed by atoms with Gasteiger partial charge in [-0.15, -0.1) is 0 Å². The summed E-state index contributed by atoms with van der Waals surface area (Å²) in [6.45, 7) is 1.84. The highest BCUT2D eigenvalue weighted by Gasteiger charge is 2.12. The molecule has 0 saturated heterocycles. The fraction of sp³-hybridized carbons (Fsp3) is 0.333. The molecule has 10 heteroatoms. The van der Waals surface area contributed by atoms with Crippen LogP contribution in [0.4, 0.5) is 17.6 Å². The molecular formula is C12H14ClN7O2. The van der Waals surface area contributed by atoms with Crippen molar-refractivity contribution in [2.24, 2.45) is 0 Å². The highest BCUT2D eigenvalue weighted by atomic mass is 35.5. The number of ether oxygens (including phenoxy) is 1. The van der Waals surface area contributed by atoms with E-state index in [1.807, 2.05) is 0 Å². The maximum absolute atomic E-state index is 11.9. The van der Waals surface area contributed by atoms with Crippen LogP contribution in [0.15, 0.2) is 12.3 Å². The van der Waals surface area contributed by atoms with Gasteiger partial charge in [-0.3, -0.25) is 9.89 Å². The van der Waals surface area contributed by atoms with Gasteiger partial charge in [0.25, 0.3) is 5.91 Å². The van der Waals surface area contributed by atoms with Gasteiger partial charge in [0.05, 0.1) is 19.4 Å². The number of aromatic nitrogens is 4. The summed E-state index contributed by atoms with van der Waals surface area (Å²) in [4.78, 5) is 20.2. The Bertz CT molecular complexity index is 675. The Kier molecular flexibility index (Phi) is 4.35. The molecule has 0 aromatic carbocycles. The zero-order valence-electron chi connectivity index (χ0n) is 11.5. The molecule has 4 bridgehead atoms. The number of carbonyl (C=O) groups is 1. The second-order valence-corrected chi connectivity index (χ2v) is 4.88. The summed E-state index contributed by atoms with van der Waals surface area (Å²) >= 11 is 6.06. The van der Waals surface area contributed by atoms with Crippen LogP contribution in [-0.4, -0.2) is 52.4 Å². The predicted molar refractivity (Wildman–Crippen MR) is 80.6 cm³/mol. The Morgan fingerprint density at radius 1 is 1.23 bits per heavy atom. The van der Waals surface area contributed by atoms with Crippen LogP contribution >= 0.6 is 11.6 Å². The lowest BCUT2D eigenvalue weighted by Crippen LogP contribution is -2.28. The Hall–Kier alpha value is -2.39. The second-order valence-electron chi connectivity index (χ2n) is 4.48. The van der Waals surface area contributed by atoms with Crippen molar-refractivity contribution in [3.8, 4) is 0 Å². The third-order valence-electron chi connectivity index (χ3n) is 2.87. The number of rotatable bonds is 0. The Balaban J connectivity index is 1.87. The van der Waals surface area contributed by atoms with Crippen molar-refractivity contribution < 1.29 is 9.53 Å². The van der Waals surface area contributed by atoms with Gasteiger partial charge in [0.2, 0.25) is 5.95 Å². The van der Waals surface area contributed by atoms with Gasteiger partial charge < -0.3 is 20.7 Å². The van der Waals surface area contributed by atoms with Crippen molar-refractivity contribution in [3.63, 3.8) is 0 Å². The molecule has 3 rings (SSSR count). The summed E-state index contributed by atoms with van der Waals surface area (Å²) < 4.78 is 5.39. The van der Waals surface area contributed by atoms with Crippen molar-refractivity contribution in [2.45, 2.75) is 0 Å². The predicted octanol–water partition coefficient (Wildman–Crippen LogP) is 0.769. The van der Waals surface area contributed by atoms with Gasteiger partial charge in [-0.05, 0) is 0 Å². The van der Waals surface area contributed by atoms with E-state index in [9.17, 15) is 4.79 Å². The molecule has 0 fully saturated rings. The van der Waals surface area contributed by atoms with E-state index in [4.69, 9.17) is 16.3 Å². The lowest BCUT2D eigenvalue weighted by molar-refractivity contribution is 0.0916. The summed E-state index contributed by atoms with van der Waals surface area (Å²) in [7, 11) is 0. The van der Waals surface area contributed by atoms with Gasteiger partial charge in [0, 0.05) is 19.2 Å². The largest absolute Gasteiger partial charge is 0.378 e. The average molecular weight is 324 g/mol. The third-order valence-corrected chi connectivity index (χ3v) is 3.15. The number of H-pyrrole nitrogens is 1. The molecule has 0 saturated carbocycles. The minimum Gasteiger partial charge on any atom is -0.378 e. The molecule has 1 aliphatic rings. The number of halogens is 1. The molecule has 4 N–H and O–H groups in total. The quantitative estimate of drug-likeness (QED) is 0.565. The summed E-state index contributed by atoms with van der Waals surface area (Å²) in [6.07, 6.45) is 1.48. The molecule has 9 nitrogen and oxygen atoms in total. The van der Waals surface area contributed by atoms with E-state index in [0.717, 1.165) is 0 Å². The SMILES string of the molecule is O=C1NCCOCCNc2ncc(Cl)c(n2)Nc2cc1[nH]n2. The lowest BCUT2D eigenvalue weighted by Gasteiger charge is -2.09. The standard InChI is InChI=1S/C12H14ClN7O2/c13-7-6-16-12-15-2-4-22-3-1-14-11(21)8-5-9(20-19-8)17-10(7)18-12/h5-6H,1-4H2,(H,14,21)(H3,15,16,17,18,19,20). The molecule has 116 valence electrons. The van der Waals surface area contributed by atoms with E-state index in [-0.39, 0.29) is 5.91 Å². The highest BCUT2D eigenvalue weighted by molar-refractivity contribution is 6.32. The minimum absolute atomic E-state index is 0.258. The Labute approximate surface area is 130 Å². The number of nitrogens with zero attached hydrogens (tertiary/aromatic N) is 3. The molecular weight excluding hydrogens is 310 g/mol. The van der Waals surface area contributed by atoms with Gasteiger partial charge in [-0.25, -0.2) is 4.98 Å². The van der Waals surface area contributed by atoms with Gasteiger partial charge in [-0.1, -0.05) is 11.6 Å². The van der Waals surface area contributed by atoms with Crippen LogP contribution in [-0.2, 0) is 4.74 Å². The summed E-state index contributed by atoms with van der Waals surface area (Å²) in [5.74, 6) is 0.998. The molecule has 0 spiro atoms. The van der Waals surface area contributed by atoms with Crippen LogP contribution in [0.3, 0.4) is 0 Å². The van der Waals surface area contributed by atoms with Gasteiger partial charge in [0.15, 0.2) is 11.6 Å². The number of hydrogen-bond acceptors (Lipinski definition) is 7. The van der Waals surface area contributed by atoms with E-state index >= 15 is 0 Å². The van der Waals surface area contributed by atoms with E-state index in [1.165, 1.54) is 6.20 Å². The van der Waals surface area contributed by atoms with Crippen LogP contribution < -0.4 is 16.0 Å². The third kappa shape index (κ3) is 3.43. The van der Waals surface area contributed by atoms with E-state index in [1.54, 1.807) is 6.07 Å². The van der Waals surface area contributed by atoms with Crippen molar-refractivity contribution in [1.82, 2.24) is 25.5 Å². The van der Waals surface area contributed by atoms with Crippen LogP contribution in [0.2, 0.25) is 5.02 Å². The first kappa shape index (κ1) is 14.5. The van der Waals surface area contributed by atoms with Crippen LogP contribution in [0.25, 0.3) is 0 Å². The zero-order chi connectivity index (χ0) is 15.4.